The van der Waals surface area contributed by atoms with E-state index >= 15 is 0 Å². The van der Waals surface area contributed by atoms with Gasteiger partial charge >= 0.3 is 0 Å². The number of hydrogen-bond donors (Lipinski definition) is 0. The zero-order chi connectivity index (χ0) is 19.5. The monoisotopic (exact) mass is 396 g/mol. The third kappa shape index (κ3) is 3.77. The number of aromatic nitrogens is 3. The Hall–Kier alpha value is -2.38. The van der Waals surface area contributed by atoms with Crippen LogP contribution in [0.5, 0.6) is 0 Å². The average molecular weight is 397 g/mol. The van der Waals surface area contributed by atoms with E-state index < -0.39 is 0 Å². The van der Waals surface area contributed by atoms with Crippen LogP contribution in [-0.2, 0) is 16.1 Å². The molecule has 0 bridgehead atoms. The Morgan fingerprint density at radius 3 is 2.93 bits per heavy atom. The average Bonchev–Trinajstić information content (AvgIpc) is 3.36. The molecule has 0 spiro atoms. The van der Waals surface area contributed by atoms with Gasteiger partial charge in [-0.15, -0.1) is 0 Å². The summed E-state index contributed by atoms with van der Waals surface area (Å²) >= 11 is 1.56. The lowest BCUT2D eigenvalue weighted by molar-refractivity contribution is -0.120. The third-order valence-electron chi connectivity index (χ3n) is 5.28. The molecule has 2 atom stereocenters. The predicted octanol–water partition coefficient (Wildman–Crippen LogP) is 3.96. The number of fused-ring (bicyclic) bond motifs is 1. The van der Waals surface area contributed by atoms with Crippen LogP contribution in [0.2, 0.25) is 0 Å². The van der Waals surface area contributed by atoms with Crippen LogP contribution in [0.15, 0.2) is 36.7 Å². The number of methoxy groups -OCH3 is 1. The van der Waals surface area contributed by atoms with E-state index in [0.29, 0.717) is 18.7 Å². The Morgan fingerprint density at radius 1 is 1.32 bits per heavy atom. The Labute approximate surface area is 168 Å². The molecule has 1 fully saturated rings. The number of carbonyl (C=O) groups is 1. The fraction of sp³-hybridized carbons (Fsp3) is 0.429. The smallest absolute Gasteiger partial charge is 0.188 e. The van der Waals surface area contributed by atoms with Crippen molar-refractivity contribution in [1.82, 2.24) is 15.0 Å². The van der Waals surface area contributed by atoms with E-state index in [0.717, 1.165) is 34.9 Å². The zero-order valence-electron chi connectivity index (χ0n) is 16.2. The summed E-state index contributed by atoms with van der Waals surface area (Å²) in [5, 5.41) is 0.857. The normalized spacial score (nSPS) is 17.9. The second-order valence-corrected chi connectivity index (χ2v) is 8.21. The number of benzene rings is 1. The Balaban J connectivity index is 1.54. The van der Waals surface area contributed by atoms with Gasteiger partial charge in [0.15, 0.2) is 16.6 Å². The van der Waals surface area contributed by atoms with Crippen molar-refractivity contribution in [3.8, 4) is 0 Å². The summed E-state index contributed by atoms with van der Waals surface area (Å²) in [6.07, 6.45) is 3.95. The molecule has 2 aromatic heterocycles. The van der Waals surface area contributed by atoms with Gasteiger partial charge in [0.2, 0.25) is 0 Å². The van der Waals surface area contributed by atoms with E-state index in [9.17, 15) is 4.79 Å². The van der Waals surface area contributed by atoms with Crippen LogP contribution < -0.4 is 4.90 Å². The van der Waals surface area contributed by atoms with Crippen LogP contribution >= 0.6 is 11.3 Å². The van der Waals surface area contributed by atoms with E-state index in [-0.39, 0.29) is 17.7 Å². The van der Waals surface area contributed by atoms with Crippen LogP contribution in [0, 0.1) is 0 Å². The maximum absolute atomic E-state index is 13.1. The molecule has 1 aliphatic heterocycles. The third-order valence-corrected chi connectivity index (χ3v) is 6.41. The number of Topliss-reactive ketones (excluding diaryl/α,β-unsaturated/α-hetero) is 1. The quantitative estimate of drug-likeness (QED) is 0.602. The molecule has 0 amide bonds. The number of carbonyl (C=O) groups excluding carboxylic acids is 1. The Morgan fingerprint density at radius 2 is 2.14 bits per heavy atom. The van der Waals surface area contributed by atoms with Crippen molar-refractivity contribution in [2.45, 2.75) is 44.8 Å². The molecule has 0 unspecified atom stereocenters. The molecule has 1 aromatic carbocycles. The Bertz CT molecular complexity index is 959. The molecule has 0 aliphatic carbocycles. The van der Waals surface area contributed by atoms with E-state index in [1.54, 1.807) is 18.4 Å². The highest BCUT2D eigenvalue weighted by Crippen LogP contribution is 2.35. The molecule has 1 saturated heterocycles. The first kappa shape index (κ1) is 19.0. The molecule has 3 heterocycles. The second kappa shape index (κ2) is 8.32. The fourth-order valence-corrected chi connectivity index (χ4v) is 4.89. The topological polar surface area (TPSA) is 68.2 Å². The van der Waals surface area contributed by atoms with Crippen molar-refractivity contribution < 1.29 is 9.53 Å². The molecular weight excluding hydrogens is 372 g/mol. The van der Waals surface area contributed by atoms with Crippen LogP contribution in [0.25, 0.3) is 10.3 Å². The number of thiazole rings is 1. The lowest BCUT2D eigenvalue weighted by atomic mass is 9.93. The number of ether oxygens (including phenoxy) is 1. The number of ketones is 1. The molecule has 28 heavy (non-hydrogen) atoms. The maximum atomic E-state index is 13.1. The molecule has 1 aliphatic rings. The van der Waals surface area contributed by atoms with Crippen LogP contribution in [0.4, 0.5) is 5.13 Å². The van der Waals surface area contributed by atoms with Crippen LogP contribution in [0.3, 0.4) is 0 Å². The van der Waals surface area contributed by atoms with Crippen molar-refractivity contribution >= 4 is 32.6 Å². The van der Waals surface area contributed by atoms with Gasteiger partial charge in [-0.2, -0.15) is 4.98 Å². The van der Waals surface area contributed by atoms with Crippen molar-refractivity contribution in [3.63, 3.8) is 0 Å². The first-order chi connectivity index (χ1) is 13.7. The van der Waals surface area contributed by atoms with E-state index in [1.807, 2.05) is 18.2 Å². The first-order valence-electron chi connectivity index (χ1n) is 9.61. The summed E-state index contributed by atoms with van der Waals surface area (Å²) in [5.74, 6) is 0.502. The summed E-state index contributed by atoms with van der Waals surface area (Å²) in [5.41, 5.74) is 2.73. The Kier molecular flexibility index (Phi) is 5.64. The minimum Gasteiger partial charge on any atom is -0.378 e. The molecule has 146 valence electrons. The van der Waals surface area contributed by atoms with Crippen molar-refractivity contribution in [2.75, 3.05) is 18.6 Å². The number of nitrogens with zero attached hydrogens (tertiary/aromatic N) is 4. The molecule has 0 saturated carbocycles. The van der Waals surface area contributed by atoms with Crippen LogP contribution in [-0.4, -0.2) is 40.4 Å². The van der Waals surface area contributed by atoms with Gasteiger partial charge in [0.25, 0.3) is 0 Å². The van der Waals surface area contributed by atoms with Gasteiger partial charge in [0.05, 0.1) is 23.0 Å². The molecule has 3 aromatic rings. The van der Waals surface area contributed by atoms with Gasteiger partial charge in [0, 0.05) is 20.1 Å². The van der Waals surface area contributed by atoms with Gasteiger partial charge in [-0.05, 0) is 24.3 Å². The summed E-state index contributed by atoms with van der Waals surface area (Å²) in [7, 11) is 1.65. The number of anilines is 1. The molecule has 6 nitrogen and oxygen atoms in total. The van der Waals surface area contributed by atoms with Crippen LogP contribution in [0.1, 0.15) is 43.4 Å². The van der Waals surface area contributed by atoms with Gasteiger partial charge in [-0.1, -0.05) is 48.6 Å². The standard InChI is InChI=1S/C21H24N4O2S/c1-14(15-7-4-3-5-8-15)11-18(26)17-9-6-10-25(17)21-24-20-19(28-21)16(12-27-2)22-13-23-20/h3-5,7-8,13-14,17H,6,9-12H2,1-2H3/t14-,17+/m0/s1. The lowest BCUT2D eigenvalue weighted by Gasteiger charge is -2.24. The first-order valence-corrected chi connectivity index (χ1v) is 10.4. The lowest BCUT2D eigenvalue weighted by Crippen LogP contribution is -2.36. The molecular formula is C21H24N4O2S. The SMILES string of the molecule is COCc1ncnc2nc(N3CCC[C@@H]3C(=O)C[C@H](C)c3ccccc3)sc12. The van der Waals surface area contributed by atoms with Crippen molar-refractivity contribution in [3.05, 3.63) is 47.9 Å². The highest BCUT2D eigenvalue weighted by molar-refractivity contribution is 7.22. The summed E-state index contributed by atoms with van der Waals surface area (Å²) < 4.78 is 6.18. The maximum Gasteiger partial charge on any atom is 0.188 e. The second-order valence-electron chi connectivity index (χ2n) is 7.24. The summed E-state index contributed by atoms with van der Waals surface area (Å²) in [6, 6.07) is 10.1. The van der Waals surface area contributed by atoms with E-state index in [2.05, 4.69) is 33.9 Å². The largest absolute Gasteiger partial charge is 0.378 e. The molecule has 7 heteroatoms. The van der Waals surface area contributed by atoms with Gasteiger partial charge in [0.1, 0.15) is 6.33 Å². The minimum atomic E-state index is -0.106. The van der Waals surface area contributed by atoms with Gasteiger partial charge in [-0.25, -0.2) is 9.97 Å². The van der Waals surface area contributed by atoms with E-state index in [1.165, 1.54) is 11.9 Å². The molecule has 0 radical (unpaired) electrons. The highest BCUT2D eigenvalue weighted by Gasteiger charge is 2.33. The fourth-order valence-electron chi connectivity index (χ4n) is 3.82. The van der Waals surface area contributed by atoms with Gasteiger partial charge < -0.3 is 9.64 Å². The number of hydrogen-bond acceptors (Lipinski definition) is 7. The zero-order valence-corrected chi connectivity index (χ0v) is 17.0. The minimum absolute atomic E-state index is 0.106. The van der Waals surface area contributed by atoms with Crippen molar-refractivity contribution in [1.29, 1.82) is 0 Å². The van der Waals surface area contributed by atoms with Gasteiger partial charge in [-0.3, -0.25) is 4.79 Å². The number of rotatable bonds is 7. The summed E-state index contributed by atoms with van der Waals surface area (Å²) in [6.45, 7) is 3.40. The molecule has 0 N–H and O–H groups in total. The predicted molar refractivity (Wildman–Crippen MR) is 111 cm³/mol. The highest BCUT2D eigenvalue weighted by atomic mass is 32.1. The van der Waals surface area contributed by atoms with Crippen molar-refractivity contribution in [2.24, 2.45) is 0 Å². The molecule has 4 rings (SSSR count). The summed E-state index contributed by atoms with van der Waals surface area (Å²) in [4.78, 5) is 28.5. The van der Waals surface area contributed by atoms with E-state index in [4.69, 9.17) is 9.72 Å².